The van der Waals surface area contributed by atoms with E-state index in [4.69, 9.17) is 37.3 Å². The molecule has 2 aromatic carbocycles. The SMILES string of the molecule is C=CCC1=CC(C)C[C@H](C)C[C@H](OC)[C@H]2O[C@@](O)(C(=O)C(=O)N3CCCCC3C(=O)O[C@H](C(C)=C[C@@H]3CC[C@@H](OC(=O)CCCCCCC(=O)O[Si](c4ccccc4)(c4ccccc4)C(C)(C)C)[C@H](OC)C3)[C@H](C)[C@@H](O[Si](C)(C)C(C)(C)C)CC1=O)[C@H](C)C[C@@H]2OC. The van der Waals surface area contributed by atoms with E-state index in [0.29, 0.717) is 75.4 Å². The Labute approximate surface area is 552 Å². The third kappa shape index (κ3) is 19.0. The monoisotopic (exact) mass is 1310 g/mol. The van der Waals surface area contributed by atoms with Crippen LogP contribution in [-0.2, 0) is 66.0 Å². The summed E-state index contributed by atoms with van der Waals surface area (Å²) >= 11 is 0. The summed E-state index contributed by atoms with van der Waals surface area (Å²) in [6.07, 6.45) is 9.00. The Kier molecular flexibility index (Phi) is 27.8. The zero-order chi connectivity index (χ0) is 67.9. The zero-order valence-corrected chi connectivity index (χ0v) is 60.6. The maximum atomic E-state index is 15.2. The maximum Gasteiger partial charge on any atom is 0.329 e. The summed E-state index contributed by atoms with van der Waals surface area (Å²) in [7, 11) is -0.952. The van der Waals surface area contributed by atoms with Crippen molar-refractivity contribution in [2.45, 2.75) is 263 Å². The number of benzene rings is 2. The first-order valence-electron chi connectivity index (χ1n) is 34.1. The van der Waals surface area contributed by atoms with E-state index in [9.17, 15) is 24.3 Å². The molecule has 6 rings (SSSR count). The molecule has 3 heterocycles. The summed E-state index contributed by atoms with van der Waals surface area (Å²) in [5, 5.41) is 13.9. The smallest absolute Gasteiger partial charge is 0.329 e. The van der Waals surface area contributed by atoms with Gasteiger partial charge in [0, 0.05) is 59.0 Å². The van der Waals surface area contributed by atoms with E-state index < -0.39 is 101 Å². The summed E-state index contributed by atoms with van der Waals surface area (Å²) in [5.74, 6) is -7.68. The lowest BCUT2D eigenvalue weighted by Crippen LogP contribution is -2.67. The molecule has 92 heavy (non-hydrogen) atoms. The van der Waals surface area contributed by atoms with Crippen molar-refractivity contribution in [3.05, 3.63) is 96.6 Å². The number of hydrogen-bond donors (Lipinski definition) is 1. The predicted molar refractivity (Wildman–Crippen MR) is 364 cm³/mol. The van der Waals surface area contributed by atoms with Crippen LogP contribution in [0.4, 0.5) is 0 Å². The Morgan fingerprint density at radius 2 is 1.32 bits per heavy atom. The molecular formula is C74H113NO15Si2. The first-order chi connectivity index (χ1) is 43.3. The summed E-state index contributed by atoms with van der Waals surface area (Å²) in [5.41, 5.74) is 1.33. The molecule has 3 aliphatic heterocycles. The standard InChI is InChI=1S/C74H113NO15Si2/c1-18-31-55-43-49(2)42-50(3)44-63(84-14)68-64(85-15)46-52(5)74(82,88-68)69(79)70(80)75-41-30-29-36-58(75)71(81)87-67(53(6)61(48-59(55)76)89-91(16,17)72(7,8)9)51(4)45-54-39-40-60(62(47-54)83-13)86-65(77)37-27-19-20-28-38-66(78)90-92(73(10,11)12,56-32-23-21-24-33-56)57-34-25-22-26-35-57/h18,21-26,32-35,43,45,49-50,52-54,58,60-64,67-68,82H,1,19-20,27-31,36-42,44,46-48H2,2-17H3/t49?,50-,52+,53+,54-,58?,60+,61-,62+,63-,64-,67+,68+,74+/m0/s1. The lowest BCUT2D eigenvalue weighted by molar-refractivity contribution is -0.302. The van der Waals surface area contributed by atoms with Crippen LogP contribution in [0.1, 0.15) is 185 Å². The molecular weight excluding hydrogens is 1200 g/mol. The Bertz CT molecular complexity index is 2810. The van der Waals surface area contributed by atoms with Gasteiger partial charge in [0.25, 0.3) is 17.7 Å². The van der Waals surface area contributed by atoms with Crippen molar-refractivity contribution >= 4 is 62.4 Å². The second kappa shape index (κ2) is 33.6. The van der Waals surface area contributed by atoms with Crippen LogP contribution in [0.3, 0.4) is 0 Å². The predicted octanol–water partition coefficient (Wildman–Crippen LogP) is 12.7. The highest BCUT2D eigenvalue weighted by molar-refractivity contribution is 7.00. The molecule has 1 aliphatic carbocycles. The fraction of sp³-hybridized carbons (Fsp3) is 0.676. The van der Waals surface area contributed by atoms with Crippen LogP contribution >= 0.6 is 0 Å². The fourth-order valence-electron chi connectivity index (χ4n) is 14.2. The van der Waals surface area contributed by atoms with Gasteiger partial charge < -0.3 is 47.3 Å². The number of unbranched alkanes of at least 4 members (excludes halogenated alkanes) is 3. The van der Waals surface area contributed by atoms with E-state index in [1.165, 1.54) is 4.90 Å². The van der Waals surface area contributed by atoms with Gasteiger partial charge in [0.1, 0.15) is 24.4 Å². The summed E-state index contributed by atoms with van der Waals surface area (Å²) < 4.78 is 51.3. The van der Waals surface area contributed by atoms with Gasteiger partial charge in [-0.3, -0.25) is 24.0 Å². The molecule has 2 unspecified atom stereocenters. The number of esters is 2. The van der Waals surface area contributed by atoms with Gasteiger partial charge in [-0.05, 0) is 146 Å². The number of hydrogen-bond acceptors (Lipinski definition) is 15. The van der Waals surface area contributed by atoms with Crippen molar-refractivity contribution in [1.29, 1.82) is 0 Å². The number of Topliss-reactive ketones (excluding diaryl/α,β-unsaturated/α-hetero) is 2. The number of amides is 1. The molecule has 4 aliphatic rings. The van der Waals surface area contributed by atoms with E-state index >= 15 is 9.59 Å². The number of ether oxygens (including phenoxy) is 6. The van der Waals surface area contributed by atoms with Crippen molar-refractivity contribution in [2.24, 2.45) is 29.6 Å². The largest absolute Gasteiger partial charge is 0.510 e. The highest BCUT2D eigenvalue weighted by Gasteiger charge is 2.57. The minimum Gasteiger partial charge on any atom is -0.510 e. The highest BCUT2D eigenvalue weighted by atomic mass is 28.4. The van der Waals surface area contributed by atoms with Crippen molar-refractivity contribution in [3.63, 3.8) is 0 Å². The number of nitrogens with zero attached hydrogens (tertiary/aromatic N) is 1. The number of allylic oxidation sites excluding steroid dienone is 4. The van der Waals surface area contributed by atoms with Gasteiger partial charge in [-0.25, -0.2) is 4.79 Å². The first kappa shape index (κ1) is 76.1. The topological polar surface area (TPSA) is 200 Å². The van der Waals surface area contributed by atoms with Gasteiger partial charge in [0.2, 0.25) is 5.79 Å². The maximum absolute atomic E-state index is 15.2. The number of fused-ring (bicyclic) bond motifs is 3. The second-order valence-electron chi connectivity index (χ2n) is 29.6. The molecule has 3 fully saturated rings. The lowest BCUT2D eigenvalue weighted by atomic mass is 9.81. The Morgan fingerprint density at radius 3 is 1.88 bits per heavy atom. The number of carbonyl (C=O) groups excluding carboxylic acids is 6. The minimum atomic E-state index is -3.02. The molecule has 2 saturated heterocycles. The molecule has 1 saturated carbocycles. The molecule has 2 aromatic rings. The van der Waals surface area contributed by atoms with Crippen LogP contribution < -0.4 is 10.4 Å². The van der Waals surface area contributed by atoms with Crippen LogP contribution in [0.15, 0.2) is 96.6 Å². The van der Waals surface area contributed by atoms with Gasteiger partial charge in [0.15, 0.2) is 14.1 Å². The number of ketones is 2. The van der Waals surface area contributed by atoms with Crippen LogP contribution in [0.25, 0.3) is 0 Å². The summed E-state index contributed by atoms with van der Waals surface area (Å²) in [6, 6.07) is 19.1. The molecule has 1 N–H and O–H groups in total. The van der Waals surface area contributed by atoms with Gasteiger partial charge in [-0.2, -0.15) is 0 Å². The molecule has 0 radical (unpaired) electrons. The van der Waals surface area contributed by atoms with Gasteiger partial charge in [-0.15, -0.1) is 6.58 Å². The normalized spacial score (nSPS) is 29.9. The van der Waals surface area contributed by atoms with Crippen molar-refractivity contribution in [2.75, 3.05) is 27.9 Å². The van der Waals surface area contributed by atoms with E-state index in [1.807, 2.05) is 56.3 Å². The molecule has 1 amide bonds. The molecule has 0 aromatic heterocycles. The van der Waals surface area contributed by atoms with Crippen LogP contribution in [0, 0.1) is 29.6 Å². The number of methoxy groups -OCH3 is 3. The van der Waals surface area contributed by atoms with Gasteiger partial charge >= 0.3 is 20.3 Å². The average molecular weight is 1310 g/mol. The van der Waals surface area contributed by atoms with E-state index in [-0.39, 0.29) is 84.2 Å². The quantitative estimate of drug-likeness (QED) is 0.0431. The van der Waals surface area contributed by atoms with Gasteiger partial charge in [0.05, 0.1) is 24.4 Å². The number of piperidine rings is 1. The number of cyclic esters (lactones) is 1. The van der Waals surface area contributed by atoms with E-state index in [1.54, 1.807) is 34.3 Å². The third-order valence-corrected chi connectivity index (χ3v) is 30.0. The van der Waals surface area contributed by atoms with E-state index in [2.05, 4.69) is 105 Å². The molecule has 512 valence electrons. The number of aliphatic hydroxyl groups is 1. The average Bonchev–Trinajstić information content (AvgIpc) is 0.762. The highest BCUT2D eigenvalue weighted by Crippen LogP contribution is 2.43. The molecule has 0 spiro atoms. The van der Waals surface area contributed by atoms with Crippen molar-refractivity contribution < 1.29 is 71.1 Å². The molecule has 16 nitrogen and oxygen atoms in total. The van der Waals surface area contributed by atoms with Crippen molar-refractivity contribution in [1.82, 2.24) is 4.90 Å². The Morgan fingerprint density at radius 1 is 0.728 bits per heavy atom. The number of rotatable bonds is 20. The first-order valence-corrected chi connectivity index (χ1v) is 38.9. The minimum absolute atomic E-state index is 0.000180. The molecule has 18 heteroatoms. The Hall–Kier alpha value is -4.93. The number of carbonyl (C=O) groups is 6. The van der Waals surface area contributed by atoms with Crippen LogP contribution in [-0.4, -0.2) is 144 Å². The van der Waals surface area contributed by atoms with Crippen molar-refractivity contribution in [3.8, 4) is 0 Å². The van der Waals surface area contributed by atoms with Gasteiger partial charge in [-0.1, -0.05) is 161 Å². The van der Waals surface area contributed by atoms with Crippen LogP contribution in [0.2, 0.25) is 23.2 Å². The third-order valence-electron chi connectivity index (χ3n) is 20.5. The lowest BCUT2D eigenvalue weighted by Gasteiger charge is -2.47. The molecule has 2 bridgehead atoms. The second-order valence-corrected chi connectivity index (χ2v) is 38.6. The fourth-order valence-corrected chi connectivity index (χ4v) is 20.0. The zero-order valence-electron chi connectivity index (χ0n) is 58.6. The Balaban J connectivity index is 1.22. The molecule has 14 atom stereocenters. The summed E-state index contributed by atoms with van der Waals surface area (Å²) in [4.78, 5) is 88.2. The van der Waals surface area contributed by atoms with Crippen LogP contribution in [0.5, 0.6) is 0 Å². The van der Waals surface area contributed by atoms with E-state index in [0.717, 1.165) is 23.2 Å². The summed E-state index contributed by atoms with van der Waals surface area (Å²) in [6.45, 7) is 31.0.